The number of hydrogen-bond donors (Lipinski definition) is 6. The van der Waals surface area contributed by atoms with E-state index in [1.54, 1.807) is 0 Å². The summed E-state index contributed by atoms with van der Waals surface area (Å²) in [5, 5.41) is 8.96. The molecule has 3 fully saturated rings. The Kier molecular flexibility index (Phi) is 7.74. The summed E-state index contributed by atoms with van der Waals surface area (Å²) in [6, 6.07) is 0. The summed E-state index contributed by atoms with van der Waals surface area (Å²) in [7, 11) is -2.74. The summed E-state index contributed by atoms with van der Waals surface area (Å²) >= 11 is 8.62. The van der Waals surface area contributed by atoms with Crippen LogP contribution in [0.1, 0.15) is 11.6 Å². The van der Waals surface area contributed by atoms with Gasteiger partial charge >= 0.3 is 6.80 Å². The van der Waals surface area contributed by atoms with Gasteiger partial charge < -0.3 is 25.8 Å². The molecule has 11 atom stereocenters. The molecule has 25 heteroatoms. The Morgan fingerprint density at radius 2 is 1.91 bits per heavy atom. The Labute approximate surface area is 264 Å². The van der Waals surface area contributed by atoms with Crippen LogP contribution in [0.2, 0.25) is 0 Å². The van der Waals surface area contributed by atoms with E-state index in [4.69, 9.17) is 29.8 Å². The van der Waals surface area contributed by atoms with Crippen LogP contribution in [0.25, 0.3) is 22.3 Å². The molecule has 6 N–H and O–H groups in total. The zero-order chi connectivity index (χ0) is 32.0. The van der Waals surface area contributed by atoms with Gasteiger partial charge in [0.05, 0.1) is 24.5 Å². The molecule has 0 spiro atoms. The van der Waals surface area contributed by atoms with Crippen LogP contribution in [0.15, 0.2) is 23.8 Å². The lowest BCUT2D eigenvalue weighted by Gasteiger charge is -2.26. The van der Waals surface area contributed by atoms with Gasteiger partial charge in [-0.25, -0.2) is 33.3 Å². The van der Waals surface area contributed by atoms with Gasteiger partial charge in [0.15, 0.2) is 40.6 Å². The summed E-state index contributed by atoms with van der Waals surface area (Å²) in [5.41, 5.74) is 8.77. The van der Waals surface area contributed by atoms with Gasteiger partial charge in [0, 0.05) is 0 Å². The number of anilines is 2. The molecule has 0 bridgehead atoms. The SMILES string of the molecule is Nc1nc2c(ncn2[C@@H]2S[C@H](CO[PH](=O)S)[C@H](F)[C@H]2OP(=O)(S)OC2[C@H]3O[C@@H](n4cnc5c(N)ncnc54)[C@@H](F)[C@@]23O)c(=O)[nH]1. The van der Waals surface area contributed by atoms with Crippen LogP contribution in [0.5, 0.6) is 0 Å². The highest BCUT2D eigenvalue weighted by Crippen LogP contribution is 2.66. The number of H-pyrrole nitrogens is 1. The van der Waals surface area contributed by atoms with Crippen molar-refractivity contribution in [2.24, 2.45) is 0 Å². The summed E-state index contributed by atoms with van der Waals surface area (Å²) in [4.78, 5) is 34.6. The molecule has 18 nitrogen and oxygen atoms in total. The monoisotopic (exact) mass is 726 g/mol. The van der Waals surface area contributed by atoms with Crippen molar-refractivity contribution in [3.8, 4) is 0 Å². The van der Waals surface area contributed by atoms with Crippen molar-refractivity contribution in [1.29, 1.82) is 0 Å². The zero-order valence-electron chi connectivity index (χ0n) is 22.2. The van der Waals surface area contributed by atoms with Crippen LogP contribution >= 0.6 is 50.3 Å². The number of hydrogen-bond acceptors (Lipinski definition) is 16. The molecule has 1 saturated carbocycles. The highest BCUT2D eigenvalue weighted by Gasteiger charge is 2.80. The van der Waals surface area contributed by atoms with E-state index in [-0.39, 0.29) is 40.7 Å². The lowest BCUT2D eigenvalue weighted by atomic mass is 10.1. The first-order chi connectivity index (χ1) is 21.3. The van der Waals surface area contributed by atoms with E-state index < -0.39 is 72.7 Å². The van der Waals surface area contributed by atoms with Crippen LogP contribution in [0.3, 0.4) is 0 Å². The van der Waals surface area contributed by atoms with Crippen molar-refractivity contribution in [2.45, 2.75) is 53.1 Å². The molecule has 6 heterocycles. The molecule has 0 amide bonds. The van der Waals surface area contributed by atoms with Gasteiger partial charge in [0.1, 0.15) is 41.7 Å². The lowest BCUT2D eigenvalue weighted by molar-refractivity contribution is -0.0586. The Hall–Kier alpha value is -2.33. The van der Waals surface area contributed by atoms with E-state index >= 15 is 8.78 Å². The third kappa shape index (κ3) is 5.17. The smallest absolute Gasteiger partial charge is 0.382 e. The summed E-state index contributed by atoms with van der Waals surface area (Å²) < 4.78 is 80.8. The van der Waals surface area contributed by atoms with Gasteiger partial charge in [0.2, 0.25) is 13.2 Å². The number of nitrogens with one attached hydrogen (secondary N) is 1. The number of aromatic amines is 1. The number of fused-ring (bicyclic) bond motifs is 3. The molecule has 7 rings (SSSR count). The predicted octanol–water partition coefficient (Wildman–Crippen LogP) is 1.20. The molecule has 0 radical (unpaired) electrons. The molecule has 45 heavy (non-hydrogen) atoms. The van der Waals surface area contributed by atoms with E-state index in [0.717, 1.165) is 18.1 Å². The van der Waals surface area contributed by atoms with Crippen molar-refractivity contribution in [1.82, 2.24) is 39.0 Å². The Morgan fingerprint density at radius 3 is 2.62 bits per heavy atom. The second-order valence-corrected chi connectivity index (χ2v) is 16.4. The number of ether oxygens (including phenoxy) is 1. The maximum atomic E-state index is 15.9. The summed E-state index contributed by atoms with van der Waals surface area (Å²) in [5.74, 6) is -0.182. The highest BCUT2D eigenvalue weighted by atomic mass is 32.7. The average Bonchev–Trinajstić information content (AvgIpc) is 3.49. The van der Waals surface area contributed by atoms with Crippen LogP contribution in [0.4, 0.5) is 20.5 Å². The largest absolute Gasteiger partial charge is 0.387 e. The number of imidazole rings is 2. The third-order valence-corrected chi connectivity index (χ3v) is 11.5. The van der Waals surface area contributed by atoms with Crippen LogP contribution < -0.4 is 17.0 Å². The van der Waals surface area contributed by atoms with Crippen molar-refractivity contribution in [3.05, 3.63) is 29.3 Å². The third-order valence-electron chi connectivity index (χ3n) is 7.58. The predicted molar refractivity (Wildman–Crippen MR) is 162 cm³/mol. The van der Waals surface area contributed by atoms with E-state index in [2.05, 4.69) is 54.4 Å². The Balaban J connectivity index is 1.12. The molecule has 2 aliphatic heterocycles. The number of halogens is 2. The number of rotatable bonds is 9. The minimum Gasteiger partial charge on any atom is -0.382 e. The standard InChI is InChI=1S/C20H22F2N10O8P2S3/c21-6-5(1-37-41(35)43)45-18(32-4-28-8-15(32)29-19(24)30-16(8)33)9(6)39-42(36,44)40-12-11-20(12,34)10(22)17(38-11)31-3-27-7-13(23)25-2-26-14(7)31/h2-6,9-12,17-18,34,41H,1H2,(H,35,43)(H,36,44)(H2,23,25,26)(H3,24,29,30,33)/t5-,6+,9-,10-,11-,12?,17-,18-,20+,42?/m1/s1. The van der Waals surface area contributed by atoms with Gasteiger partial charge in [0.25, 0.3) is 5.56 Å². The molecule has 1 aliphatic carbocycles. The molecule has 3 aliphatic rings. The zero-order valence-corrected chi connectivity index (χ0v) is 26.7. The molecular weight excluding hydrogens is 704 g/mol. The Bertz CT molecular complexity index is 1960. The number of aliphatic hydroxyl groups is 1. The number of thiol groups is 2. The first kappa shape index (κ1) is 31.3. The molecule has 3 unspecified atom stereocenters. The van der Waals surface area contributed by atoms with E-state index in [9.17, 15) is 19.0 Å². The van der Waals surface area contributed by atoms with Gasteiger partial charge in [-0.2, -0.15) is 4.98 Å². The lowest BCUT2D eigenvalue weighted by Crippen LogP contribution is -2.34. The highest BCUT2D eigenvalue weighted by molar-refractivity contribution is 8.44. The Morgan fingerprint density at radius 1 is 1.18 bits per heavy atom. The number of alkyl halides is 2. The number of nitrogens with zero attached hydrogens (tertiary/aromatic N) is 7. The summed E-state index contributed by atoms with van der Waals surface area (Å²) in [6.07, 6.45) is -6.28. The number of nitrogens with two attached hydrogens (primary N) is 2. The summed E-state index contributed by atoms with van der Waals surface area (Å²) in [6.45, 7) is -4.95. The topological polar surface area (TPSA) is 250 Å². The first-order valence-electron chi connectivity index (χ1n) is 12.8. The fourth-order valence-electron chi connectivity index (χ4n) is 5.45. The number of nitrogen functional groups attached to an aromatic ring is 2. The molecule has 2 saturated heterocycles. The number of aromatic nitrogens is 8. The second kappa shape index (κ2) is 11.1. The van der Waals surface area contributed by atoms with E-state index in [1.165, 1.54) is 21.8 Å². The fraction of sp³-hybridized carbons (Fsp3) is 0.500. The van der Waals surface area contributed by atoms with E-state index in [1.807, 2.05) is 0 Å². The van der Waals surface area contributed by atoms with E-state index in [0.29, 0.717) is 0 Å². The van der Waals surface area contributed by atoms with Gasteiger partial charge in [-0.15, -0.1) is 11.8 Å². The van der Waals surface area contributed by atoms with Crippen LogP contribution in [-0.4, -0.2) is 92.3 Å². The van der Waals surface area contributed by atoms with Gasteiger partial charge in [-0.3, -0.25) is 32.5 Å². The average molecular weight is 727 g/mol. The molecule has 242 valence electrons. The number of thioether (sulfide) groups is 1. The van der Waals surface area contributed by atoms with Gasteiger partial charge in [-0.1, -0.05) is 24.5 Å². The molecular formula is C20H22F2N10O8P2S3. The molecule has 4 aromatic heterocycles. The minimum absolute atomic E-state index is 0.0291. The van der Waals surface area contributed by atoms with Crippen LogP contribution in [-0.2, 0) is 27.4 Å². The minimum atomic E-state index is -4.58. The fourth-order valence-corrected chi connectivity index (χ4v) is 9.44. The maximum Gasteiger partial charge on any atom is 0.387 e. The van der Waals surface area contributed by atoms with Crippen molar-refractivity contribution in [3.63, 3.8) is 0 Å². The molecule has 4 aromatic rings. The maximum absolute atomic E-state index is 15.9. The van der Waals surface area contributed by atoms with Gasteiger partial charge in [-0.05, 0) is 0 Å². The quantitative estimate of drug-likeness (QED) is 0.105. The normalized spacial score (nSPS) is 34.7. The second-order valence-electron chi connectivity index (χ2n) is 10.2. The van der Waals surface area contributed by atoms with Crippen molar-refractivity contribution < 1.29 is 41.3 Å². The van der Waals surface area contributed by atoms with Crippen LogP contribution in [0, 0.1) is 0 Å². The first-order valence-corrected chi connectivity index (χ1v) is 19.1. The molecule has 0 aromatic carbocycles. The van der Waals surface area contributed by atoms with Crippen molar-refractivity contribution >= 4 is 84.4 Å². The van der Waals surface area contributed by atoms with Crippen molar-refractivity contribution in [2.75, 3.05) is 18.1 Å².